The normalized spacial score (nSPS) is 19.1. The second-order valence-corrected chi connectivity index (χ2v) is 8.74. The summed E-state index contributed by atoms with van der Waals surface area (Å²) in [5, 5.41) is 3.18. The summed E-state index contributed by atoms with van der Waals surface area (Å²) in [6, 6.07) is 2.07. The third-order valence-electron chi connectivity index (χ3n) is 6.58. The summed E-state index contributed by atoms with van der Waals surface area (Å²) in [5.74, 6) is 0.335. The van der Waals surface area contributed by atoms with E-state index in [2.05, 4.69) is 36.1 Å². The zero-order valence-electron chi connectivity index (χ0n) is 18.4. The van der Waals surface area contributed by atoms with Crippen LogP contribution in [0.5, 0.6) is 0 Å². The van der Waals surface area contributed by atoms with Gasteiger partial charge in [0.25, 0.3) is 0 Å². The molecule has 0 atom stereocenters. The number of carbonyl (C=O) groups excluding carboxylic acids is 1. The van der Waals surface area contributed by atoms with E-state index in [1.807, 2.05) is 20.0 Å². The largest absolute Gasteiger partial charge is 0.370 e. The number of carbonyl (C=O) groups is 1. The standard InChI is InChI=1S/C23H34N6O/c1-17-18(2)27-22-21(26-17)15-20(16-25-22)29-12-7-19(8-13-29)23(30)24-9-14-28-10-5-3-4-6-11-28/h15-16,19H,3-14H2,1-2H3,(H,24,30). The summed E-state index contributed by atoms with van der Waals surface area (Å²) in [4.78, 5) is 31.1. The van der Waals surface area contributed by atoms with Crippen LogP contribution in [0, 0.1) is 19.8 Å². The zero-order valence-corrected chi connectivity index (χ0v) is 18.4. The maximum atomic E-state index is 12.6. The van der Waals surface area contributed by atoms with Crippen LogP contribution in [0.1, 0.15) is 49.9 Å². The number of amides is 1. The number of pyridine rings is 1. The molecule has 2 aliphatic heterocycles. The summed E-state index contributed by atoms with van der Waals surface area (Å²) in [6.07, 6.45) is 8.92. The van der Waals surface area contributed by atoms with Gasteiger partial charge in [0.05, 0.1) is 23.3 Å². The average molecular weight is 411 g/mol. The molecule has 4 rings (SSSR count). The van der Waals surface area contributed by atoms with Crippen LogP contribution in [0.25, 0.3) is 11.2 Å². The molecule has 2 aliphatic rings. The Labute approximate surface area is 179 Å². The first kappa shape index (κ1) is 21.0. The van der Waals surface area contributed by atoms with Gasteiger partial charge in [-0.3, -0.25) is 4.79 Å². The highest BCUT2D eigenvalue weighted by molar-refractivity contribution is 5.79. The predicted octanol–water partition coefficient (Wildman–Crippen LogP) is 2.85. The maximum Gasteiger partial charge on any atom is 0.223 e. The molecule has 0 radical (unpaired) electrons. The van der Waals surface area contributed by atoms with Crippen LogP contribution in [-0.4, -0.2) is 65.0 Å². The Bertz CT molecular complexity index is 869. The van der Waals surface area contributed by atoms with Gasteiger partial charge in [-0.05, 0) is 58.7 Å². The Morgan fingerprint density at radius 2 is 1.73 bits per heavy atom. The molecule has 0 saturated carbocycles. The lowest BCUT2D eigenvalue weighted by atomic mass is 9.95. The minimum atomic E-state index is 0.114. The third-order valence-corrected chi connectivity index (χ3v) is 6.58. The lowest BCUT2D eigenvalue weighted by molar-refractivity contribution is -0.125. The second-order valence-electron chi connectivity index (χ2n) is 8.74. The highest BCUT2D eigenvalue weighted by Crippen LogP contribution is 2.25. The monoisotopic (exact) mass is 410 g/mol. The Hall–Kier alpha value is -2.28. The molecule has 162 valence electrons. The van der Waals surface area contributed by atoms with Gasteiger partial charge in [0.2, 0.25) is 5.91 Å². The van der Waals surface area contributed by atoms with Gasteiger partial charge in [0.15, 0.2) is 5.65 Å². The van der Waals surface area contributed by atoms with Crippen LogP contribution in [0.4, 0.5) is 5.69 Å². The first-order chi connectivity index (χ1) is 14.6. The van der Waals surface area contributed by atoms with Crippen molar-refractivity contribution in [3.05, 3.63) is 23.7 Å². The molecule has 4 heterocycles. The summed E-state index contributed by atoms with van der Waals surface area (Å²) >= 11 is 0. The molecule has 0 bridgehead atoms. The number of likely N-dealkylation sites (tertiary alicyclic amines) is 1. The molecule has 0 aromatic carbocycles. The van der Waals surface area contributed by atoms with Gasteiger partial charge in [-0.15, -0.1) is 0 Å². The van der Waals surface area contributed by atoms with E-state index in [9.17, 15) is 4.79 Å². The van der Waals surface area contributed by atoms with Crippen molar-refractivity contribution in [2.45, 2.75) is 52.4 Å². The van der Waals surface area contributed by atoms with Gasteiger partial charge in [-0.1, -0.05) is 12.8 Å². The molecule has 1 amide bonds. The molecule has 2 fully saturated rings. The molecule has 7 heteroatoms. The number of nitrogens with one attached hydrogen (secondary N) is 1. The predicted molar refractivity (Wildman–Crippen MR) is 120 cm³/mol. The van der Waals surface area contributed by atoms with E-state index in [4.69, 9.17) is 0 Å². The summed E-state index contributed by atoms with van der Waals surface area (Å²) in [5.41, 5.74) is 4.46. The van der Waals surface area contributed by atoms with Gasteiger partial charge in [0.1, 0.15) is 5.52 Å². The molecule has 2 aromatic rings. The number of aromatic nitrogens is 3. The minimum absolute atomic E-state index is 0.114. The summed E-state index contributed by atoms with van der Waals surface area (Å²) in [6.45, 7) is 9.78. The smallest absolute Gasteiger partial charge is 0.223 e. The van der Waals surface area contributed by atoms with E-state index in [-0.39, 0.29) is 11.8 Å². The quantitative estimate of drug-likeness (QED) is 0.817. The Morgan fingerprint density at radius 3 is 2.47 bits per heavy atom. The van der Waals surface area contributed by atoms with Crippen molar-refractivity contribution in [1.82, 2.24) is 25.2 Å². The van der Waals surface area contributed by atoms with E-state index in [1.54, 1.807) is 0 Å². The number of hydrogen-bond acceptors (Lipinski definition) is 6. The number of hydrogen-bond donors (Lipinski definition) is 1. The Morgan fingerprint density at radius 1 is 1.03 bits per heavy atom. The third kappa shape index (κ3) is 5.06. The Balaban J connectivity index is 1.26. The lowest BCUT2D eigenvalue weighted by Crippen LogP contribution is -2.42. The maximum absolute atomic E-state index is 12.6. The summed E-state index contributed by atoms with van der Waals surface area (Å²) < 4.78 is 0. The van der Waals surface area contributed by atoms with Crippen molar-refractivity contribution >= 4 is 22.8 Å². The van der Waals surface area contributed by atoms with Crippen molar-refractivity contribution in [2.24, 2.45) is 5.92 Å². The lowest BCUT2D eigenvalue weighted by Gasteiger charge is -2.33. The van der Waals surface area contributed by atoms with Crippen molar-refractivity contribution in [1.29, 1.82) is 0 Å². The van der Waals surface area contributed by atoms with Gasteiger partial charge in [-0.25, -0.2) is 15.0 Å². The van der Waals surface area contributed by atoms with Crippen molar-refractivity contribution in [3.8, 4) is 0 Å². The fourth-order valence-corrected chi connectivity index (χ4v) is 4.52. The summed E-state index contributed by atoms with van der Waals surface area (Å²) in [7, 11) is 0. The topological polar surface area (TPSA) is 74.2 Å². The van der Waals surface area contributed by atoms with E-state index >= 15 is 0 Å². The van der Waals surface area contributed by atoms with Crippen molar-refractivity contribution in [2.75, 3.05) is 44.2 Å². The molecule has 1 N–H and O–H groups in total. The van der Waals surface area contributed by atoms with Crippen LogP contribution in [-0.2, 0) is 4.79 Å². The van der Waals surface area contributed by atoms with Gasteiger partial charge < -0.3 is 15.1 Å². The van der Waals surface area contributed by atoms with E-state index in [0.29, 0.717) is 5.65 Å². The van der Waals surface area contributed by atoms with Gasteiger partial charge >= 0.3 is 0 Å². The average Bonchev–Trinajstić information content (AvgIpc) is 3.03. The first-order valence-corrected chi connectivity index (χ1v) is 11.5. The molecule has 0 unspecified atom stereocenters. The molecular formula is C23H34N6O. The van der Waals surface area contributed by atoms with E-state index in [0.717, 1.165) is 61.6 Å². The second kappa shape index (κ2) is 9.69. The number of aryl methyl sites for hydroxylation is 2. The fraction of sp³-hybridized carbons (Fsp3) is 0.652. The minimum Gasteiger partial charge on any atom is -0.370 e. The SMILES string of the molecule is Cc1nc2cc(N3CCC(C(=O)NCCN4CCCCCC4)CC3)cnc2nc1C. The highest BCUT2D eigenvalue weighted by Gasteiger charge is 2.25. The van der Waals surface area contributed by atoms with Crippen LogP contribution >= 0.6 is 0 Å². The fourth-order valence-electron chi connectivity index (χ4n) is 4.52. The van der Waals surface area contributed by atoms with Crippen LogP contribution in [0.2, 0.25) is 0 Å². The van der Waals surface area contributed by atoms with Crippen LogP contribution in [0.3, 0.4) is 0 Å². The number of nitrogens with zero attached hydrogens (tertiary/aromatic N) is 5. The molecule has 2 saturated heterocycles. The van der Waals surface area contributed by atoms with Gasteiger partial charge in [0, 0.05) is 32.1 Å². The highest BCUT2D eigenvalue weighted by atomic mass is 16.1. The molecular weight excluding hydrogens is 376 g/mol. The number of rotatable bonds is 5. The van der Waals surface area contributed by atoms with E-state index in [1.165, 1.54) is 38.8 Å². The van der Waals surface area contributed by atoms with Crippen molar-refractivity contribution < 1.29 is 4.79 Å². The molecule has 7 nitrogen and oxygen atoms in total. The van der Waals surface area contributed by atoms with Crippen LogP contribution < -0.4 is 10.2 Å². The number of fused-ring (bicyclic) bond motifs is 1. The van der Waals surface area contributed by atoms with E-state index < -0.39 is 0 Å². The molecule has 0 aliphatic carbocycles. The number of piperidine rings is 1. The Kier molecular flexibility index (Phi) is 6.77. The number of anilines is 1. The molecule has 30 heavy (non-hydrogen) atoms. The molecule has 0 spiro atoms. The van der Waals surface area contributed by atoms with Crippen molar-refractivity contribution in [3.63, 3.8) is 0 Å². The zero-order chi connectivity index (χ0) is 20.9. The first-order valence-electron chi connectivity index (χ1n) is 11.5. The molecule has 2 aromatic heterocycles. The van der Waals surface area contributed by atoms with Crippen LogP contribution in [0.15, 0.2) is 12.3 Å². The van der Waals surface area contributed by atoms with Gasteiger partial charge in [-0.2, -0.15) is 0 Å².